The van der Waals surface area contributed by atoms with E-state index in [1.54, 1.807) is 18.4 Å². The summed E-state index contributed by atoms with van der Waals surface area (Å²) < 4.78 is 5.88. The highest BCUT2D eigenvalue weighted by molar-refractivity contribution is 14.0. The summed E-state index contributed by atoms with van der Waals surface area (Å²) in [6.07, 6.45) is 1.04. The van der Waals surface area contributed by atoms with Crippen molar-refractivity contribution < 1.29 is 4.74 Å². The van der Waals surface area contributed by atoms with Gasteiger partial charge in [0.05, 0.1) is 18.3 Å². The van der Waals surface area contributed by atoms with Gasteiger partial charge in [0.15, 0.2) is 5.96 Å². The molecule has 7 heteroatoms. The molecule has 0 aliphatic rings. The van der Waals surface area contributed by atoms with E-state index in [2.05, 4.69) is 46.6 Å². The second-order valence-corrected chi connectivity index (χ2v) is 7.17. The third-order valence-corrected chi connectivity index (χ3v) is 5.03. The number of halogens is 1. The number of ether oxygens (including phenoxy) is 1. The molecule has 0 bridgehead atoms. The summed E-state index contributed by atoms with van der Waals surface area (Å²) >= 11 is 1.72. The summed E-state index contributed by atoms with van der Waals surface area (Å²) in [7, 11) is 1.78. The van der Waals surface area contributed by atoms with Gasteiger partial charge < -0.3 is 15.4 Å². The lowest BCUT2D eigenvalue weighted by atomic mass is 10.1. The first-order valence-electron chi connectivity index (χ1n) is 8.64. The van der Waals surface area contributed by atoms with Crippen molar-refractivity contribution in [2.45, 2.75) is 39.8 Å². The molecule has 1 heterocycles. The minimum atomic E-state index is 0. The van der Waals surface area contributed by atoms with Gasteiger partial charge in [-0.3, -0.25) is 4.99 Å². The first-order chi connectivity index (χ1) is 12.1. The fraction of sp³-hybridized carbons (Fsp3) is 0.474. The monoisotopic (exact) mass is 488 g/mol. The molecule has 1 atom stereocenters. The topological polar surface area (TPSA) is 58.5 Å². The first kappa shape index (κ1) is 22.9. The molecule has 1 aromatic heterocycles. The lowest BCUT2D eigenvalue weighted by Crippen LogP contribution is -2.37. The zero-order valence-corrected chi connectivity index (χ0v) is 19.1. The van der Waals surface area contributed by atoms with Crippen molar-refractivity contribution in [1.82, 2.24) is 15.6 Å². The van der Waals surface area contributed by atoms with E-state index >= 15 is 0 Å². The number of thiazole rings is 1. The Hall–Kier alpha value is -1.19. The van der Waals surface area contributed by atoms with Gasteiger partial charge in [-0.15, -0.1) is 35.3 Å². The second-order valence-electron chi connectivity index (χ2n) is 5.88. The van der Waals surface area contributed by atoms with Gasteiger partial charge in [0.1, 0.15) is 5.01 Å². The van der Waals surface area contributed by atoms with E-state index in [1.165, 1.54) is 10.4 Å². The average molecular weight is 488 g/mol. The molecule has 144 valence electrons. The Kier molecular flexibility index (Phi) is 10.8. The normalized spacial score (nSPS) is 12.4. The molecule has 0 spiro atoms. The van der Waals surface area contributed by atoms with Crippen LogP contribution in [0.2, 0.25) is 0 Å². The van der Waals surface area contributed by atoms with Crippen molar-refractivity contribution in [3.05, 3.63) is 51.5 Å². The van der Waals surface area contributed by atoms with Crippen LogP contribution in [0.3, 0.4) is 0 Å². The van der Waals surface area contributed by atoms with Crippen LogP contribution in [0.5, 0.6) is 0 Å². The number of aromatic nitrogens is 1. The first-order valence-corrected chi connectivity index (χ1v) is 9.45. The molecular weight excluding hydrogens is 459 g/mol. The Morgan fingerprint density at radius 3 is 2.58 bits per heavy atom. The molecule has 0 aliphatic heterocycles. The summed E-state index contributed by atoms with van der Waals surface area (Å²) in [5.41, 5.74) is 2.32. The van der Waals surface area contributed by atoms with Crippen LogP contribution < -0.4 is 10.6 Å². The highest BCUT2D eigenvalue weighted by Crippen LogP contribution is 2.16. The minimum Gasteiger partial charge on any atom is -0.374 e. The van der Waals surface area contributed by atoms with E-state index in [1.807, 2.05) is 25.1 Å². The quantitative estimate of drug-likeness (QED) is 0.253. The fourth-order valence-corrected chi connectivity index (χ4v) is 3.23. The van der Waals surface area contributed by atoms with Crippen LogP contribution in [-0.4, -0.2) is 31.1 Å². The molecule has 1 unspecified atom stereocenters. The van der Waals surface area contributed by atoms with Crippen LogP contribution in [-0.2, 0) is 11.3 Å². The second kappa shape index (κ2) is 12.2. The van der Waals surface area contributed by atoms with E-state index in [9.17, 15) is 0 Å². The van der Waals surface area contributed by atoms with Gasteiger partial charge in [0, 0.05) is 25.1 Å². The number of guanidine groups is 1. The van der Waals surface area contributed by atoms with E-state index in [0.717, 1.165) is 29.6 Å². The zero-order valence-electron chi connectivity index (χ0n) is 15.9. The molecule has 0 saturated carbocycles. The van der Waals surface area contributed by atoms with E-state index in [4.69, 9.17) is 4.74 Å². The third-order valence-electron chi connectivity index (χ3n) is 3.95. The molecule has 5 nitrogen and oxygen atoms in total. The molecule has 2 aromatic rings. The van der Waals surface area contributed by atoms with Gasteiger partial charge in [-0.1, -0.05) is 30.3 Å². The molecule has 0 aliphatic carbocycles. The number of benzene rings is 1. The maximum Gasteiger partial charge on any atom is 0.191 e. The summed E-state index contributed by atoms with van der Waals surface area (Å²) in [4.78, 5) is 10.0. The van der Waals surface area contributed by atoms with Crippen molar-refractivity contribution in [3.63, 3.8) is 0 Å². The predicted molar refractivity (Wildman–Crippen MR) is 121 cm³/mol. The fourth-order valence-electron chi connectivity index (χ4n) is 2.35. The number of nitrogens with zero attached hydrogens (tertiary/aromatic N) is 2. The highest BCUT2D eigenvalue weighted by atomic mass is 127. The molecule has 1 aromatic carbocycles. The maximum atomic E-state index is 5.88. The summed E-state index contributed by atoms with van der Waals surface area (Å²) in [6.45, 7) is 8.45. The lowest BCUT2D eigenvalue weighted by Gasteiger charge is -2.14. The predicted octanol–water partition coefficient (Wildman–Crippen LogP) is 4.21. The molecule has 0 fully saturated rings. The van der Waals surface area contributed by atoms with Crippen molar-refractivity contribution in [3.8, 4) is 0 Å². The van der Waals surface area contributed by atoms with E-state index in [0.29, 0.717) is 13.2 Å². The van der Waals surface area contributed by atoms with Crippen molar-refractivity contribution >= 4 is 41.3 Å². The number of nitrogens with one attached hydrogen (secondary N) is 2. The highest BCUT2D eigenvalue weighted by Gasteiger charge is 2.06. The number of hydrogen-bond donors (Lipinski definition) is 2. The van der Waals surface area contributed by atoms with Crippen LogP contribution in [0, 0.1) is 13.8 Å². The summed E-state index contributed by atoms with van der Waals surface area (Å²) in [5, 5.41) is 7.69. The minimum absolute atomic E-state index is 0. The molecule has 2 N–H and O–H groups in total. The molecule has 0 saturated heterocycles. The molecule has 0 amide bonds. The van der Waals surface area contributed by atoms with Gasteiger partial charge in [-0.05, 0) is 32.8 Å². The molecular formula is C19H29IN4OS. The van der Waals surface area contributed by atoms with Crippen LogP contribution in [0.1, 0.15) is 40.6 Å². The van der Waals surface area contributed by atoms with Crippen molar-refractivity contribution in [2.24, 2.45) is 4.99 Å². The maximum absolute atomic E-state index is 5.88. The number of rotatable bonds is 8. The largest absolute Gasteiger partial charge is 0.374 e. The Bertz CT molecular complexity index is 656. The van der Waals surface area contributed by atoms with Crippen LogP contribution in [0.4, 0.5) is 0 Å². The van der Waals surface area contributed by atoms with Gasteiger partial charge >= 0.3 is 0 Å². The number of hydrogen-bond acceptors (Lipinski definition) is 4. The van der Waals surface area contributed by atoms with Crippen molar-refractivity contribution in [1.29, 1.82) is 0 Å². The standard InChI is InChI=1S/C19H28N4OS.HI/c1-14-16(3)25-18(23-14)13-22-19(20-4)21-11-8-12-24-15(2)17-9-6-5-7-10-17;/h5-7,9-10,15H,8,11-13H2,1-4H3,(H2,20,21,22);1H. The molecule has 26 heavy (non-hydrogen) atoms. The van der Waals surface area contributed by atoms with E-state index < -0.39 is 0 Å². The lowest BCUT2D eigenvalue weighted by molar-refractivity contribution is 0.0646. The Labute approximate surface area is 177 Å². The van der Waals surface area contributed by atoms with Gasteiger partial charge in [-0.2, -0.15) is 0 Å². The van der Waals surface area contributed by atoms with Gasteiger partial charge in [-0.25, -0.2) is 4.98 Å². The summed E-state index contributed by atoms with van der Waals surface area (Å²) in [5.74, 6) is 0.793. The van der Waals surface area contributed by atoms with Gasteiger partial charge in [0.2, 0.25) is 0 Å². The van der Waals surface area contributed by atoms with Gasteiger partial charge in [0.25, 0.3) is 0 Å². The van der Waals surface area contributed by atoms with Crippen LogP contribution in [0.25, 0.3) is 0 Å². The van der Waals surface area contributed by atoms with E-state index in [-0.39, 0.29) is 30.1 Å². The zero-order chi connectivity index (χ0) is 18.1. The summed E-state index contributed by atoms with van der Waals surface area (Å²) in [6, 6.07) is 10.3. The van der Waals surface area contributed by atoms with Crippen molar-refractivity contribution in [2.75, 3.05) is 20.2 Å². The van der Waals surface area contributed by atoms with Crippen LogP contribution in [0.15, 0.2) is 35.3 Å². The van der Waals surface area contributed by atoms with Crippen LogP contribution >= 0.6 is 35.3 Å². The Balaban J connectivity index is 0.00000338. The number of aryl methyl sites for hydroxylation is 2. The smallest absolute Gasteiger partial charge is 0.191 e. The SMILES string of the molecule is CN=C(NCCCOC(C)c1ccccc1)NCc1nc(C)c(C)s1.I. The molecule has 0 radical (unpaired) electrons. The Morgan fingerprint density at radius 1 is 1.23 bits per heavy atom. The Morgan fingerprint density at radius 2 is 1.96 bits per heavy atom. The number of aliphatic imine (C=N–C) groups is 1. The third kappa shape index (κ3) is 7.59. The average Bonchev–Trinajstić information content (AvgIpc) is 2.95. The molecule has 2 rings (SSSR count).